The third kappa shape index (κ3) is 4.95. The van der Waals surface area contributed by atoms with E-state index >= 15 is 0 Å². The van der Waals surface area contributed by atoms with Crippen molar-refractivity contribution in [2.24, 2.45) is 5.92 Å². The number of halogens is 2. The van der Waals surface area contributed by atoms with Crippen LogP contribution in [0.15, 0.2) is 29.2 Å². The van der Waals surface area contributed by atoms with Crippen molar-refractivity contribution in [2.75, 3.05) is 6.54 Å². The van der Waals surface area contributed by atoms with E-state index < -0.39 is 17.8 Å². The minimum atomic E-state index is -2.57. The van der Waals surface area contributed by atoms with E-state index in [9.17, 15) is 18.7 Å². The molecule has 0 saturated heterocycles. The predicted octanol–water partition coefficient (Wildman–Crippen LogP) is 3.67. The summed E-state index contributed by atoms with van der Waals surface area (Å²) in [6, 6.07) is 6.29. The molecular weight excluding hydrogens is 308 g/mol. The highest BCUT2D eigenvalue weighted by Gasteiger charge is 2.23. The van der Waals surface area contributed by atoms with Crippen LogP contribution in [0, 0.1) is 5.92 Å². The van der Waals surface area contributed by atoms with Gasteiger partial charge < -0.3 is 10.4 Å². The van der Waals surface area contributed by atoms with Gasteiger partial charge in [-0.15, -0.1) is 0 Å². The highest BCUT2D eigenvalue weighted by atomic mass is 32.2. The van der Waals surface area contributed by atoms with Crippen LogP contribution in [0.25, 0.3) is 0 Å². The normalized spacial score (nSPS) is 17.5. The lowest BCUT2D eigenvalue weighted by atomic mass is 9.85. The molecule has 1 atom stereocenters. The molecule has 6 heteroatoms. The first-order chi connectivity index (χ1) is 10.6. The fourth-order valence-electron chi connectivity index (χ4n) is 2.83. The first-order valence-electron chi connectivity index (χ1n) is 7.58. The van der Waals surface area contributed by atoms with Gasteiger partial charge in [-0.1, -0.05) is 43.2 Å². The zero-order valence-corrected chi connectivity index (χ0v) is 13.1. The van der Waals surface area contributed by atoms with E-state index in [2.05, 4.69) is 5.32 Å². The minimum absolute atomic E-state index is 0.164. The fraction of sp³-hybridized carbons (Fsp3) is 0.562. The molecule has 22 heavy (non-hydrogen) atoms. The third-order valence-corrected chi connectivity index (χ3v) is 4.80. The highest BCUT2D eigenvalue weighted by Crippen LogP contribution is 2.29. The van der Waals surface area contributed by atoms with Crippen molar-refractivity contribution in [1.82, 2.24) is 5.32 Å². The molecule has 0 spiro atoms. The largest absolute Gasteiger partial charge is 0.391 e. The second-order valence-corrected chi connectivity index (χ2v) is 6.58. The molecule has 2 N–H and O–H groups in total. The molecule has 0 bridgehead atoms. The summed E-state index contributed by atoms with van der Waals surface area (Å²) < 4.78 is 25.0. The summed E-state index contributed by atoms with van der Waals surface area (Å²) in [5.41, 5.74) is 0.226. The van der Waals surface area contributed by atoms with Gasteiger partial charge in [-0.3, -0.25) is 4.79 Å². The van der Waals surface area contributed by atoms with Gasteiger partial charge in [0.2, 0.25) is 0 Å². The number of carbonyl (C=O) groups excluding carboxylic acids is 1. The Bertz CT molecular complexity index is 493. The molecule has 1 amide bonds. The number of rotatable bonds is 6. The standard InChI is InChI=1S/C16H21F2NO2S/c17-16(18)22-14-9-5-4-8-12(14)15(21)19-10-13(20)11-6-2-1-3-7-11/h4-5,8-9,11,13,16,20H,1-3,6-7,10H2,(H,19,21)/t13-/m0/s1. The number of carbonyl (C=O) groups is 1. The number of nitrogens with one attached hydrogen (secondary N) is 1. The molecule has 122 valence electrons. The number of thioether (sulfide) groups is 1. The van der Waals surface area contributed by atoms with Crippen LogP contribution in [0.1, 0.15) is 42.5 Å². The van der Waals surface area contributed by atoms with Crippen LogP contribution in [0.3, 0.4) is 0 Å². The topological polar surface area (TPSA) is 49.3 Å². The number of benzene rings is 1. The van der Waals surface area contributed by atoms with Crippen molar-refractivity contribution in [2.45, 2.75) is 48.9 Å². The third-order valence-electron chi connectivity index (χ3n) is 4.01. The van der Waals surface area contributed by atoms with Gasteiger partial charge >= 0.3 is 0 Å². The highest BCUT2D eigenvalue weighted by molar-refractivity contribution is 7.99. The minimum Gasteiger partial charge on any atom is -0.391 e. The van der Waals surface area contributed by atoms with Gasteiger partial charge in [0.05, 0.1) is 11.7 Å². The molecule has 1 saturated carbocycles. The van der Waals surface area contributed by atoms with E-state index in [-0.39, 0.29) is 22.9 Å². The summed E-state index contributed by atoms with van der Waals surface area (Å²) in [7, 11) is 0. The number of hydrogen-bond acceptors (Lipinski definition) is 3. The van der Waals surface area contributed by atoms with Crippen molar-refractivity contribution in [3.05, 3.63) is 29.8 Å². The lowest BCUT2D eigenvalue weighted by molar-refractivity contribution is 0.0737. The molecule has 0 radical (unpaired) electrons. The van der Waals surface area contributed by atoms with Gasteiger partial charge in [0.15, 0.2) is 0 Å². The second kappa shape index (κ2) is 8.48. The van der Waals surface area contributed by atoms with Gasteiger partial charge in [-0.25, -0.2) is 0 Å². The summed E-state index contributed by atoms with van der Waals surface area (Å²) in [6.07, 6.45) is 4.82. The van der Waals surface area contributed by atoms with Crippen LogP contribution in [0.4, 0.5) is 8.78 Å². The molecule has 0 aliphatic heterocycles. The lowest BCUT2D eigenvalue weighted by Crippen LogP contribution is -2.37. The predicted molar refractivity (Wildman–Crippen MR) is 83.2 cm³/mol. The van der Waals surface area contributed by atoms with E-state index in [1.165, 1.54) is 18.6 Å². The Balaban J connectivity index is 1.91. The Morgan fingerprint density at radius 2 is 1.95 bits per heavy atom. The monoisotopic (exact) mass is 329 g/mol. The van der Waals surface area contributed by atoms with E-state index in [0.29, 0.717) is 11.8 Å². The van der Waals surface area contributed by atoms with E-state index in [1.807, 2.05) is 0 Å². The van der Waals surface area contributed by atoms with Crippen LogP contribution in [-0.4, -0.2) is 29.4 Å². The van der Waals surface area contributed by atoms with E-state index in [0.717, 1.165) is 25.7 Å². The van der Waals surface area contributed by atoms with Crippen molar-refractivity contribution in [3.8, 4) is 0 Å². The van der Waals surface area contributed by atoms with Crippen LogP contribution in [0.2, 0.25) is 0 Å². The summed E-state index contributed by atoms with van der Waals surface area (Å²) >= 11 is 0.359. The fourth-order valence-corrected chi connectivity index (χ4v) is 3.47. The average Bonchev–Trinajstić information content (AvgIpc) is 2.53. The maximum atomic E-state index is 12.5. The van der Waals surface area contributed by atoms with Gasteiger partial charge in [0.25, 0.3) is 11.7 Å². The molecule has 0 unspecified atom stereocenters. The number of aliphatic hydroxyl groups excluding tert-OH is 1. The Morgan fingerprint density at radius 3 is 2.64 bits per heavy atom. The van der Waals surface area contributed by atoms with Crippen LogP contribution in [-0.2, 0) is 0 Å². The van der Waals surface area contributed by atoms with Crippen molar-refractivity contribution in [3.63, 3.8) is 0 Å². The number of hydrogen-bond donors (Lipinski definition) is 2. The van der Waals surface area contributed by atoms with E-state index in [4.69, 9.17) is 0 Å². The second-order valence-electron chi connectivity index (χ2n) is 5.55. The Morgan fingerprint density at radius 1 is 1.27 bits per heavy atom. The first kappa shape index (κ1) is 17.2. The maximum Gasteiger partial charge on any atom is 0.288 e. The van der Waals surface area contributed by atoms with Crippen LogP contribution in [0.5, 0.6) is 0 Å². The molecule has 1 fully saturated rings. The molecule has 0 heterocycles. The SMILES string of the molecule is O=C(NC[C@H](O)C1CCCCC1)c1ccccc1SC(F)F. The van der Waals surface area contributed by atoms with Gasteiger partial charge in [0.1, 0.15) is 0 Å². The molecule has 1 aliphatic rings. The summed E-state index contributed by atoms with van der Waals surface area (Å²) in [6.45, 7) is 0.164. The summed E-state index contributed by atoms with van der Waals surface area (Å²) in [5, 5.41) is 12.8. The Labute approximate surface area is 133 Å². The van der Waals surface area contributed by atoms with Crippen LogP contribution >= 0.6 is 11.8 Å². The number of aliphatic hydroxyl groups is 1. The molecule has 2 rings (SSSR count). The van der Waals surface area contributed by atoms with E-state index in [1.54, 1.807) is 12.1 Å². The van der Waals surface area contributed by atoms with Gasteiger partial charge in [0, 0.05) is 11.4 Å². The zero-order chi connectivity index (χ0) is 15.9. The Kier molecular flexibility index (Phi) is 6.64. The molecular formula is C16H21F2NO2S. The molecule has 1 aromatic carbocycles. The zero-order valence-electron chi connectivity index (χ0n) is 12.3. The molecule has 0 aromatic heterocycles. The quantitative estimate of drug-likeness (QED) is 0.783. The first-order valence-corrected chi connectivity index (χ1v) is 8.46. The van der Waals surface area contributed by atoms with Gasteiger partial charge in [-0.2, -0.15) is 8.78 Å². The average molecular weight is 329 g/mol. The van der Waals surface area contributed by atoms with Crippen molar-refractivity contribution >= 4 is 17.7 Å². The smallest absolute Gasteiger partial charge is 0.288 e. The molecule has 3 nitrogen and oxygen atoms in total. The Hall–Kier alpha value is -1.14. The maximum absolute atomic E-state index is 12.5. The van der Waals surface area contributed by atoms with Crippen LogP contribution < -0.4 is 5.32 Å². The molecule has 1 aromatic rings. The summed E-state index contributed by atoms with van der Waals surface area (Å²) in [5.74, 6) is -2.76. The van der Waals surface area contributed by atoms with Crippen molar-refractivity contribution in [1.29, 1.82) is 0 Å². The van der Waals surface area contributed by atoms with Gasteiger partial charge in [-0.05, 0) is 30.9 Å². The summed E-state index contributed by atoms with van der Waals surface area (Å²) in [4.78, 5) is 12.4. The van der Waals surface area contributed by atoms with Crippen molar-refractivity contribution < 1.29 is 18.7 Å². The number of amides is 1. The number of alkyl halides is 2. The molecule has 1 aliphatic carbocycles. The lowest BCUT2D eigenvalue weighted by Gasteiger charge is -2.26.